The number of rotatable bonds is 28. The summed E-state index contributed by atoms with van der Waals surface area (Å²) < 4.78 is 27.3. The van der Waals surface area contributed by atoms with Crippen molar-refractivity contribution in [3.8, 4) is 17.1 Å². The molecular formula is C52H58N4O13. The van der Waals surface area contributed by atoms with Crippen molar-refractivity contribution in [1.82, 2.24) is 21.0 Å². The number of esters is 3. The monoisotopic (exact) mass is 946 g/mol. The topological polar surface area (TPSA) is 218 Å². The summed E-state index contributed by atoms with van der Waals surface area (Å²) in [4.78, 5) is 97.4. The van der Waals surface area contributed by atoms with Gasteiger partial charge in [0, 0.05) is 5.56 Å². The van der Waals surface area contributed by atoms with Crippen LogP contribution in [0, 0.1) is 5.92 Å². The molecule has 0 aliphatic carbocycles. The number of furan rings is 1. The number of benzene rings is 4. The van der Waals surface area contributed by atoms with Gasteiger partial charge in [0.1, 0.15) is 30.8 Å². The number of ether oxygens (including phenoxy) is 4. The van der Waals surface area contributed by atoms with Crippen LogP contribution in [0.4, 0.5) is 0 Å². The van der Waals surface area contributed by atoms with Crippen LogP contribution in [0.5, 0.6) is 5.75 Å². The molecule has 69 heavy (non-hydrogen) atoms. The Bertz CT molecular complexity index is 2450. The lowest BCUT2D eigenvalue weighted by molar-refractivity contribution is -0.200. The van der Waals surface area contributed by atoms with Gasteiger partial charge in [-0.3, -0.25) is 28.8 Å². The maximum absolute atomic E-state index is 13.8. The van der Waals surface area contributed by atoms with Crippen LogP contribution in [0.1, 0.15) is 102 Å². The van der Waals surface area contributed by atoms with Crippen LogP contribution in [-0.2, 0) is 51.4 Å². The van der Waals surface area contributed by atoms with E-state index in [1.807, 2.05) is 43.3 Å². The molecule has 4 amide bonds. The highest BCUT2D eigenvalue weighted by Crippen LogP contribution is 2.30. The van der Waals surface area contributed by atoms with Gasteiger partial charge in [-0.05, 0) is 67.3 Å². The highest BCUT2D eigenvalue weighted by atomic mass is 16.7. The van der Waals surface area contributed by atoms with E-state index in [0.29, 0.717) is 30.4 Å². The molecule has 17 heteroatoms. The van der Waals surface area contributed by atoms with Gasteiger partial charge in [0.15, 0.2) is 5.76 Å². The minimum Gasteiger partial charge on any atom is -0.493 e. The number of carbonyl (C=O) groups is 7. The van der Waals surface area contributed by atoms with Crippen molar-refractivity contribution in [2.45, 2.75) is 84.6 Å². The van der Waals surface area contributed by atoms with Gasteiger partial charge < -0.3 is 39.3 Å². The molecule has 5 aromatic rings. The van der Waals surface area contributed by atoms with Gasteiger partial charge in [0.25, 0.3) is 11.8 Å². The number of unbranched alkanes of at least 4 members (excludes halogenated alkanes) is 2. The predicted molar refractivity (Wildman–Crippen MR) is 252 cm³/mol. The first-order valence-corrected chi connectivity index (χ1v) is 22.8. The molecule has 0 fully saturated rings. The van der Waals surface area contributed by atoms with Gasteiger partial charge in [-0.2, -0.15) is 0 Å². The van der Waals surface area contributed by atoms with E-state index in [2.05, 4.69) is 22.9 Å². The second kappa shape index (κ2) is 27.8. The highest BCUT2D eigenvalue weighted by Gasteiger charge is 2.32. The first-order chi connectivity index (χ1) is 33.5. The standard InChI is InChI=1S/C52H58N4O13/c1-4-7-11-24-40(43(5-2)56(34-57)68-32-37-20-14-9-15-21-37)48(59)53-33-54-50(61)45-28-27-44(69-45)39-25-26-41(46(29-39)64-6-3)49(60)55-42(30-47(58)65-31-36-18-12-8-13-19-36)52(63)67-35-66-51(62)38-22-16-10-17-23-38/h8-10,12-23,25-29,34,40,42-43H,4-7,11,24,30-33,35H2,1-3H3,(H,53,59)(H,54,61)(H,55,60)/t40?,42?,43-/m1/s1. The van der Waals surface area contributed by atoms with E-state index >= 15 is 0 Å². The zero-order valence-corrected chi connectivity index (χ0v) is 38.9. The molecule has 5 rings (SSSR count). The Kier molecular flexibility index (Phi) is 21.0. The molecule has 4 aromatic carbocycles. The molecule has 0 aliphatic rings. The van der Waals surface area contributed by atoms with Gasteiger partial charge >= 0.3 is 17.9 Å². The fourth-order valence-electron chi connectivity index (χ4n) is 7.16. The summed E-state index contributed by atoms with van der Waals surface area (Å²) in [6, 6.07) is 31.6. The lowest BCUT2D eigenvalue weighted by atomic mass is 9.90. The molecule has 0 saturated heterocycles. The minimum atomic E-state index is -1.56. The number of hydrogen-bond acceptors (Lipinski definition) is 13. The van der Waals surface area contributed by atoms with Crippen molar-refractivity contribution in [3.63, 3.8) is 0 Å². The van der Waals surface area contributed by atoms with Gasteiger partial charge in [-0.15, -0.1) is 0 Å². The van der Waals surface area contributed by atoms with E-state index < -0.39 is 60.9 Å². The summed E-state index contributed by atoms with van der Waals surface area (Å²) in [7, 11) is 0. The summed E-state index contributed by atoms with van der Waals surface area (Å²) >= 11 is 0. The fraction of sp³-hybridized carbons (Fsp3) is 0.327. The molecule has 0 spiro atoms. The number of hydroxylamine groups is 2. The average molecular weight is 947 g/mol. The van der Waals surface area contributed by atoms with Gasteiger partial charge in [-0.1, -0.05) is 118 Å². The van der Waals surface area contributed by atoms with Crippen molar-refractivity contribution in [2.75, 3.05) is 20.1 Å². The quantitative estimate of drug-likeness (QED) is 0.0148. The summed E-state index contributed by atoms with van der Waals surface area (Å²) in [6.07, 6.45) is 3.52. The largest absolute Gasteiger partial charge is 0.493 e. The van der Waals surface area contributed by atoms with Crippen molar-refractivity contribution >= 4 is 42.0 Å². The third kappa shape index (κ3) is 16.2. The minimum absolute atomic E-state index is 0.0100. The van der Waals surface area contributed by atoms with E-state index in [0.717, 1.165) is 24.8 Å². The van der Waals surface area contributed by atoms with E-state index in [1.54, 1.807) is 55.5 Å². The van der Waals surface area contributed by atoms with Crippen LogP contribution in [0.2, 0.25) is 0 Å². The smallest absolute Gasteiger partial charge is 0.340 e. The molecule has 3 atom stereocenters. The fourth-order valence-corrected chi connectivity index (χ4v) is 7.16. The molecule has 0 saturated carbocycles. The lowest BCUT2D eigenvalue weighted by Gasteiger charge is -2.32. The number of nitrogens with zero attached hydrogens (tertiary/aromatic N) is 1. The Morgan fingerprint density at radius 2 is 1.41 bits per heavy atom. The third-order valence-corrected chi connectivity index (χ3v) is 10.7. The second-order valence-corrected chi connectivity index (χ2v) is 15.6. The molecule has 17 nitrogen and oxygen atoms in total. The molecule has 1 aromatic heterocycles. The van der Waals surface area contributed by atoms with Gasteiger partial charge in [0.05, 0.1) is 42.8 Å². The molecule has 1 heterocycles. The van der Waals surface area contributed by atoms with Crippen LogP contribution in [0.25, 0.3) is 11.3 Å². The summed E-state index contributed by atoms with van der Waals surface area (Å²) in [5.74, 6) is -4.75. The normalized spacial score (nSPS) is 12.0. The van der Waals surface area contributed by atoms with Crippen LogP contribution >= 0.6 is 0 Å². The molecule has 0 aliphatic heterocycles. The Labute approximate surface area is 400 Å². The van der Waals surface area contributed by atoms with Crippen molar-refractivity contribution in [2.24, 2.45) is 5.92 Å². The Morgan fingerprint density at radius 1 is 0.725 bits per heavy atom. The molecule has 364 valence electrons. The lowest BCUT2D eigenvalue weighted by Crippen LogP contribution is -2.48. The van der Waals surface area contributed by atoms with E-state index in [-0.39, 0.29) is 60.8 Å². The van der Waals surface area contributed by atoms with Gasteiger partial charge in [-0.25, -0.2) is 14.7 Å². The van der Waals surface area contributed by atoms with E-state index in [9.17, 15) is 33.6 Å². The zero-order chi connectivity index (χ0) is 49.4. The Morgan fingerprint density at radius 3 is 2.06 bits per heavy atom. The van der Waals surface area contributed by atoms with Gasteiger partial charge in [0.2, 0.25) is 19.1 Å². The first-order valence-electron chi connectivity index (χ1n) is 22.8. The summed E-state index contributed by atoms with van der Waals surface area (Å²) in [5.41, 5.74) is 2.22. The summed E-state index contributed by atoms with van der Waals surface area (Å²) in [6.45, 7) is 4.83. The van der Waals surface area contributed by atoms with Crippen molar-refractivity contribution < 1.29 is 61.8 Å². The van der Waals surface area contributed by atoms with Crippen LogP contribution in [-0.4, -0.2) is 79.3 Å². The van der Waals surface area contributed by atoms with Crippen molar-refractivity contribution in [3.05, 3.63) is 149 Å². The molecule has 3 N–H and O–H groups in total. The van der Waals surface area contributed by atoms with Crippen LogP contribution < -0.4 is 20.7 Å². The molecule has 0 bridgehead atoms. The first kappa shape index (κ1) is 52.2. The van der Waals surface area contributed by atoms with E-state index in [1.165, 1.54) is 41.5 Å². The van der Waals surface area contributed by atoms with Crippen LogP contribution in [0.3, 0.4) is 0 Å². The predicted octanol–water partition coefficient (Wildman–Crippen LogP) is 7.30. The average Bonchev–Trinajstić information content (AvgIpc) is 3.88. The summed E-state index contributed by atoms with van der Waals surface area (Å²) in [5, 5.41) is 9.16. The number of amides is 4. The molecule has 2 unspecified atom stereocenters. The zero-order valence-electron chi connectivity index (χ0n) is 38.9. The third-order valence-electron chi connectivity index (χ3n) is 10.7. The van der Waals surface area contributed by atoms with Crippen LogP contribution in [0.15, 0.2) is 126 Å². The number of carbonyl (C=O) groups excluding carboxylic acids is 7. The molecular weight excluding hydrogens is 889 g/mol. The Balaban J connectivity index is 1.22. The number of nitrogens with one attached hydrogen (secondary N) is 3. The number of hydrogen-bond donors (Lipinski definition) is 3. The second-order valence-electron chi connectivity index (χ2n) is 15.6. The maximum atomic E-state index is 13.8. The maximum Gasteiger partial charge on any atom is 0.340 e. The molecule has 0 radical (unpaired) electrons. The highest BCUT2D eigenvalue weighted by molar-refractivity contribution is 6.00. The van der Waals surface area contributed by atoms with E-state index in [4.69, 9.17) is 28.2 Å². The van der Waals surface area contributed by atoms with Crippen molar-refractivity contribution in [1.29, 1.82) is 0 Å². The Hall–Kier alpha value is -7.79. The SMILES string of the molecule is CCCCCC(C(=O)NCNC(=O)c1ccc(-c2ccc(C(=O)NC(CC(=O)OCc3ccccc3)C(=O)OCOC(=O)c3ccccc3)c(OCC)c2)o1)[C@@H](CC)N(C=O)OCc1ccccc1.